The Morgan fingerprint density at radius 1 is 1.04 bits per heavy atom. The van der Waals surface area contributed by atoms with Crippen LogP contribution in [0.5, 0.6) is 0 Å². The summed E-state index contributed by atoms with van der Waals surface area (Å²) in [5.41, 5.74) is 3.08. The zero-order valence-corrected chi connectivity index (χ0v) is 12.7. The molecule has 0 spiro atoms. The maximum absolute atomic E-state index is 11.0. The normalized spacial score (nSPS) is 11.0. The molecular weight excluding hydrogens is 314 g/mol. The van der Waals surface area contributed by atoms with E-state index < -0.39 is 5.97 Å². The molecule has 0 amide bonds. The number of nitrogens with zero attached hydrogens (tertiary/aromatic N) is 2. The molecular formula is C17H12ClN3O2. The Morgan fingerprint density at radius 2 is 1.78 bits per heavy atom. The summed E-state index contributed by atoms with van der Waals surface area (Å²) in [6.45, 7) is 0. The van der Waals surface area contributed by atoms with E-state index in [2.05, 4.69) is 15.4 Å². The molecule has 5 nitrogen and oxygen atoms in total. The number of benzene rings is 2. The number of hydrogen-bond donors (Lipinski definition) is 2. The molecule has 2 N–H and O–H groups in total. The fourth-order valence-electron chi connectivity index (χ4n) is 2.16. The van der Waals surface area contributed by atoms with Gasteiger partial charge in [0.2, 0.25) is 0 Å². The predicted octanol–water partition coefficient (Wildman–Crippen LogP) is 3.99. The van der Waals surface area contributed by atoms with Gasteiger partial charge in [0.15, 0.2) is 5.69 Å². The Kier molecular flexibility index (Phi) is 4.21. The number of aromatic carboxylic acids is 1. The van der Waals surface area contributed by atoms with E-state index in [-0.39, 0.29) is 11.4 Å². The molecule has 0 saturated heterocycles. The van der Waals surface area contributed by atoms with Crippen LogP contribution < -0.4 is 0 Å². The Balaban J connectivity index is 1.83. The van der Waals surface area contributed by atoms with Crippen molar-refractivity contribution in [3.63, 3.8) is 0 Å². The average Bonchev–Trinajstić information content (AvgIpc) is 3.03. The lowest BCUT2D eigenvalue weighted by Gasteiger charge is -2.04. The van der Waals surface area contributed by atoms with Crippen molar-refractivity contribution in [2.24, 2.45) is 0 Å². The number of carbonyl (C=O) groups is 1. The molecule has 0 saturated carbocycles. The third-order valence-corrected chi connectivity index (χ3v) is 3.64. The van der Waals surface area contributed by atoms with E-state index in [1.807, 2.05) is 48.5 Å². The van der Waals surface area contributed by atoms with Crippen LogP contribution in [0.15, 0.2) is 48.5 Å². The molecule has 0 fully saturated rings. The SMILES string of the molecule is O=C(O)c1n[nH]nc1/C=C/c1ccc(-c2ccccc2Cl)cc1. The van der Waals surface area contributed by atoms with Gasteiger partial charge in [-0.25, -0.2) is 4.79 Å². The van der Waals surface area contributed by atoms with Gasteiger partial charge >= 0.3 is 5.97 Å². The lowest BCUT2D eigenvalue weighted by Crippen LogP contribution is -1.98. The van der Waals surface area contributed by atoms with E-state index >= 15 is 0 Å². The molecule has 1 aromatic heterocycles. The van der Waals surface area contributed by atoms with Crippen molar-refractivity contribution in [3.8, 4) is 11.1 Å². The van der Waals surface area contributed by atoms with Crippen LogP contribution >= 0.6 is 11.6 Å². The van der Waals surface area contributed by atoms with Crippen LogP contribution in [0.1, 0.15) is 21.7 Å². The summed E-state index contributed by atoms with van der Waals surface area (Å²) in [4.78, 5) is 11.0. The van der Waals surface area contributed by atoms with E-state index in [1.165, 1.54) is 0 Å². The van der Waals surface area contributed by atoms with Gasteiger partial charge in [0.1, 0.15) is 5.69 Å². The van der Waals surface area contributed by atoms with Crippen molar-refractivity contribution in [1.29, 1.82) is 0 Å². The van der Waals surface area contributed by atoms with Crippen LogP contribution in [0, 0.1) is 0 Å². The molecule has 3 rings (SSSR count). The molecule has 6 heteroatoms. The van der Waals surface area contributed by atoms with Gasteiger partial charge in [0.05, 0.1) is 0 Å². The van der Waals surface area contributed by atoms with Gasteiger partial charge in [-0.2, -0.15) is 10.3 Å². The molecule has 2 aromatic carbocycles. The molecule has 0 aliphatic rings. The smallest absolute Gasteiger partial charge is 0.358 e. The van der Waals surface area contributed by atoms with Gasteiger partial charge in [0.25, 0.3) is 0 Å². The Morgan fingerprint density at radius 3 is 2.48 bits per heavy atom. The fraction of sp³-hybridized carbons (Fsp3) is 0. The highest BCUT2D eigenvalue weighted by Crippen LogP contribution is 2.27. The summed E-state index contributed by atoms with van der Waals surface area (Å²) in [6.07, 6.45) is 3.39. The highest BCUT2D eigenvalue weighted by atomic mass is 35.5. The molecule has 1 heterocycles. The Bertz CT molecular complexity index is 870. The Hall–Kier alpha value is -2.92. The summed E-state index contributed by atoms with van der Waals surface area (Å²) in [7, 11) is 0. The third kappa shape index (κ3) is 3.30. The first-order valence-corrected chi connectivity index (χ1v) is 7.20. The minimum absolute atomic E-state index is 0.103. The molecule has 23 heavy (non-hydrogen) atoms. The van der Waals surface area contributed by atoms with Crippen LogP contribution in [-0.2, 0) is 0 Å². The minimum atomic E-state index is -1.12. The highest BCUT2D eigenvalue weighted by molar-refractivity contribution is 6.33. The number of aromatic amines is 1. The molecule has 0 aliphatic heterocycles. The largest absolute Gasteiger partial charge is 0.476 e. The fourth-order valence-corrected chi connectivity index (χ4v) is 2.40. The summed E-state index contributed by atoms with van der Waals surface area (Å²) in [5.74, 6) is -1.12. The zero-order chi connectivity index (χ0) is 16.2. The maximum Gasteiger partial charge on any atom is 0.358 e. The number of carboxylic acid groups (broad SMARTS) is 1. The zero-order valence-electron chi connectivity index (χ0n) is 11.9. The molecule has 114 valence electrons. The average molecular weight is 326 g/mol. The van der Waals surface area contributed by atoms with Crippen molar-refractivity contribution in [3.05, 3.63) is 70.5 Å². The van der Waals surface area contributed by atoms with E-state index in [4.69, 9.17) is 16.7 Å². The van der Waals surface area contributed by atoms with E-state index in [0.29, 0.717) is 5.02 Å². The van der Waals surface area contributed by atoms with Crippen LogP contribution in [-0.4, -0.2) is 26.5 Å². The van der Waals surface area contributed by atoms with Gasteiger partial charge in [-0.05, 0) is 23.3 Å². The summed E-state index contributed by atoms with van der Waals surface area (Å²) in [6, 6.07) is 15.4. The van der Waals surface area contributed by atoms with Gasteiger partial charge < -0.3 is 5.11 Å². The summed E-state index contributed by atoms with van der Waals surface area (Å²) < 4.78 is 0. The second-order valence-corrected chi connectivity index (χ2v) is 5.20. The minimum Gasteiger partial charge on any atom is -0.476 e. The lowest BCUT2D eigenvalue weighted by molar-refractivity contribution is 0.0690. The third-order valence-electron chi connectivity index (χ3n) is 3.31. The van der Waals surface area contributed by atoms with Crippen molar-refractivity contribution in [2.45, 2.75) is 0 Å². The number of nitrogens with one attached hydrogen (secondary N) is 1. The van der Waals surface area contributed by atoms with Crippen LogP contribution in [0.2, 0.25) is 5.02 Å². The van der Waals surface area contributed by atoms with E-state index in [1.54, 1.807) is 12.2 Å². The second kappa shape index (κ2) is 6.46. The monoisotopic (exact) mass is 325 g/mol. The van der Waals surface area contributed by atoms with Gasteiger partial charge in [-0.3, -0.25) is 0 Å². The molecule has 0 unspecified atom stereocenters. The van der Waals surface area contributed by atoms with Crippen molar-refractivity contribution in [1.82, 2.24) is 15.4 Å². The number of rotatable bonds is 4. The number of hydrogen-bond acceptors (Lipinski definition) is 3. The number of H-pyrrole nitrogens is 1. The highest BCUT2D eigenvalue weighted by Gasteiger charge is 2.12. The molecule has 0 aliphatic carbocycles. The summed E-state index contributed by atoms with van der Waals surface area (Å²) >= 11 is 6.19. The molecule has 0 radical (unpaired) electrons. The number of halogens is 1. The van der Waals surface area contributed by atoms with Crippen molar-refractivity contribution in [2.75, 3.05) is 0 Å². The maximum atomic E-state index is 11.0. The standard InChI is InChI=1S/C17H12ClN3O2/c18-14-4-2-1-3-13(14)12-8-5-11(6-9-12)7-10-15-16(17(22)23)20-21-19-15/h1-10H,(H,22,23)(H,19,20,21)/b10-7+. The first-order chi connectivity index (χ1) is 11.1. The van der Waals surface area contributed by atoms with Gasteiger partial charge in [0, 0.05) is 10.6 Å². The Labute approximate surface area is 137 Å². The van der Waals surface area contributed by atoms with Gasteiger partial charge in [-0.1, -0.05) is 60.1 Å². The molecule has 0 atom stereocenters. The van der Waals surface area contributed by atoms with Crippen molar-refractivity contribution < 1.29 is 9.90 Å². The summed E-state index contributed by atoms with van der Waals surface area (Å²) in [5, 5.41) is 19.4. The first kappa shape index (κ1) is 15.0. The van der Waals surface area contributed by atoms with Crippen LogP contribution in [0.3, 0.4) is 0 Å². The predicted molar refractivity (Wildman–Crippen MR) is 89.2 cm³/mol. The van der Waals surface area contributed by atoms with Crippen molar-refractivity contribution >= 4 is 29.7 Å². The van der Waals surface area contributed by atoms with E-state index in [0.717, 1.165) is 16.7 Å². The van der Waals surface area contributed by atoms with Gasteiger partial charge in [-0.15, -0.1) is 5.10 Å². The lowest BCUT2D eigenvalue weighted by atomic mass is 10.0. The van der Waals surface area contributed by atoms with Crippen LogP contribution in [0.4, 0.5) is 0 Å². The van der Waals surface area contributed by atoms with Crippen LogP contribution in [0.25, 0.3) is 23.3 Å². The first-order valence-electron chi connectivity index (χ1n) is 6.82. The quantitative estimate of drug-likeness (QED) is 0.760. The molecule has 0 bridgehead atoms. The number of aromatic nitrogens is 3. The molecule has 3 aromatic rings. The van der Waals surface area contributed by atoms with E-state index in [9.17, 15) is 4.79 Å². The topological polar surface area (TPSA) is 78.9 Å². The second-order valence-electron chi connectivity index (χ2n) is 4.80. The number of carboxylic acids is 1.